The Hall–Kier alpha value is -2.30. The molecule has 1 aromatic carbocycles. The lowest BCUT2D eigenvalue weighted by molar-refractivity contribution is 0.422. The Morgan fingerprint density at radius 3 is 3.00 bits per heavy atom. The molecule has 0 bridgehead atoms. The average Bonchev–Trinajstić information content (AvgIpc) is 2.84. The molecule has 0 aliphatic heterocycles. The Morgan fingerprint density at radius 2 is 2.20 bits per heavy atom. The Kier molecular flexibility index (Phi) is 1.53. The summed E-state index contributed by atoms with van der Waals surface area (Å²) in [4.78, 5) is 7.35. The third-order valence-corrected chi connectivity index (χ3v) is 2.15. The van der Waals surface area contributed by atoms with Crippen molar-refractivity contribution in [2.24, 2.45) is 0 Å². The first-order chi connectivity index (χ1) is 7.33. The van der Waals surface area contributed by atoms with Gasteiger partial charge in [-0.3, -0.25) is 0 Å². The van der Waals surface area contributed by atoms with E-state index in [4.69, 9.17) is 4.52 Å². The summed E-state index contributed by atoms with van der Waals surface area (Å²) in [5, 5.41) is 13.1. The standard InChI is InChI=1S/C10H7N3O2/c14-6-1-2-7-9(5-6)12-10(11-7)8-3-4-15-13-8/h1-5,14H,(H,11,12). The summed E-state index contributed by atoms with van der Waals surface area (Å²) in [5.41, 5.74) is 2.20. The quantitative estimate of drug-likeness (QED) is 0.630. The second-order valence-electron chi connectivity index (χ2n) is 3.17. The van der Waals surface area contributed by atoms with E-state index in [9.17, 15) is 5.11 Å². The number of phenolic OH excluding ortho intramolecular Hbond substituents is 1. The van der Waals surface area contributed by atoms with Gasteiger partial charge in [-0.15, -0.1) is 0 Å². The first-order valence-electron chi connectivity index (χ1n) is 4.42. The monoisotopic (exact) mass is 201 g/mol. The number of fused-ring (bicyclic) bond motifs is 1. The molecule has 3 rings (SSSR count). The number of aromatic nitrogens is 3. The third-order valence-electron chi connectivity index (χ3n) is 2.15. The summed E-state index contributed by atoms with van der Waals surface area (Å²) in [6.45, 7) is 0. The number of phenols is 1. The minimum absolute atomic E-state index is 0.206. The molecule has 0 unspecified atom stereocenters. The van der Waals surface area contributed by atoms with Gasteiger partial charge in [0, 0.05) is 12.1 Å². The summed E-state index contributed by atoms with van der Waals surface area (Å²) >= 11 is 0. The number of nitrogens with zero attached hydrogens (tertiary/aromatic N) is 2. The van der Waals surface area contributed by atoms with Gasteiger partial charge < -0.3 is 14.6 Å². The molecule has 5 nitrogen and oxygen atoms in total. The highest BCUT2D eigenvalue weighted by Crippen LogP contribution is 2.21. The van der Waals surface area contributed by atoms with E-state index < -0.39 is 0 Å². The third kappa shape index (κ3) is 1.25. The molecule has 74 valence electrons. The maximum absolute atomic E-state index is 9.29. The molecule has 0 aliphatic rings. The molecule has 5 heteroatoms. The molecular formula is C10H7N3O2. The van der Waals surface area contributed by atoms with Crippen molar-refractivity contribution in [3.8, 4) is 17.3 Å². The topological polar surface area (TPSA) is 74.9 Å². The summed E-state index contributed by atoms with van der Waals surface area (Å²) in [6, 6.07) is 6.67. The van der Waals surface area contributed by atoms with E-state index in [-0.39, 0.29) is 5.75 Å². The summed E-state index contributed by atoms with van der Waals surface area (Å²) in [7, 11) is 0. The number of benzene rings is 1. The van der Waals surface area contributed by atoms with E-state index in [2.05, 4.69) is 15.1 Å². The Labute approximate surface area is 84.4 Å². The van der Waals surface area contributed by atoms with Gasteiger partial charge in [0.15, 0.2) is 5.82 Å². The molecule has 2 N–H and O–H groups in total. The molecule has 0 aliphatic carbocycles. The SMILES string of the molecule is Oc1ccc2nc(-c3ccon3)[nH]c2c1. The van der Waals surface area contributed by atoms with E-state index in [1.165, 1.54) is 6.26 Å². The fourth-order valence-corrected chi connectivity index (χ4v) is 1.45. The van der Waals surface area contributed by atoms with Gasteiger partial charge in [-0.25, -0.2) is 4.98 Å². The molecule has 2 heterocycles. The summed E-state index contributed by atoms with van der Waals surface area (Å²) in [5.74, 6) is 0.835. The first-order valence-corrected chi connectivity index (χ1v) is 4.42. The van der Waals surface area contributed by atoms with Crippen LogP contribution in [0.2, 0.25) is 0 Å². The second-order valence-corrected chi connectivity index (χ2v) is 3.17. The van der Waals surface area contributed by atoms with Crippen molar-refractivity contribution in [3.05, 3.63) is 30.5 Å². The highest BCUT2D eigenvalue weighted by Gasteiger charge is 2.07. The molecule has 3 aromatic rings. The summed E-state index contributed by atoms with van der Waals surface area (Å²) in [6.07, 6.45) is 1.49. The fourth-order valence-electron chi connectivity index (χ4n) is 1.45. The first kappa shape index (κ1) is 8.05. The van der Waals surface area contributed by atoms with E-state index in [1.807, 2.05) is 0 Å². The number of H-pyrrole nitrogens is 1. The van der Waals surface area contributed by atoms with Gasteiger partial charge in [0.25, 0.3) is 0 Å². The zero-order chi connectivity index (χ0) is 10.3. The average molecular weight is 201 g/mol. The van der Waals surface area contributed by atoms with E-state index >= 15 is 0 Å². The van der Waals surface area contributed by atoms with Crippen molar-refractivity contribution in [1.29, 1.82) is 0 Å². The highest BCUT2D eigenvalue weighted by molar-refractivity contribution is 5.79. The van der Waals surface area contributed by atoms with Crippen LogP contribution in [0.4, 0.5) is 0 Å². The van der Waals surface area contributed by atoms with Crippen LogP contribution in [-0.4, -0.2) is 20.2 Å². The van der Waals surface area contributed by atoms with Crippen molar-refractivity contribution in [3.63, 3.8) is 0 Å². The van der Waals surface area contributed by atoms with E-state index in [0.29, 0.717) is 11.5 Å². The number of rotatable bonds is 1. The molecule has 0 spiro atoms. The van der Waals surface area contributed by atoms with Crippen molar-refractivity contribution in [2.45, 2.75) is 0 Å². The van der Waals surface area contributed by atoms with Crippen molar-refractivity contribution < 1.29 is 9.63 Å². The Balaban J connectivity index is 2.22. The highest BCUT2D eigenvalue weighted by atomic mass is 16.5. The largest absolute Gasteiger partial charge is 0.508 e. The maximum atomic E-state index is 9.29. The van der Waals surface area contributed by atoms with Crippen LogP contribution in [0.15, 0.2) is 35.1 Å². The van der Waals surface area contributed by atoms with Crippen molar-refractivity contribution in [1.82, 2.24) is 15.1 Å². The van der Waals surface area contributed by atoms with Crippen LogP contribution < -0.4 is 0 Å². The number of aromatic amines is 1. The Morgan fingerprint density at radius 1 is 1.27 bits per heavy atom. The van der Waals surface area contributed by atoms with Gasteiger partial charge in [-0.2, -0.15) is 0 Å². The van der Waals surface area contributed by atoms with Crippen LogP contribution in [-0.2, 0) is 0 Å². The fraction of sp³-hybridized carbons (Fsp3) is 0. The lowest BCUT2D eigenvalue weighted by Gasteiger charge is -1.88. The molecule has 0 atom stereocenters. The second kappa shape index (κ2) is 2.84. The van der Waals surface area contributed by atoms with Gasteiger partial charge in [0.05, 0.1) is 11.0 Å². The number of imidazole rings is 1. The lowest BCUT2D eigenvalue weighted by Crippen LogP contribution is -1.77. The van der Waals surface area contributed by atoms with Gasteiger partial charge in [0.2, 0.25) is 0 Å². The van der Waals surface area contributed by atoms with Crippen molar-refractivity contribution in [2.75, 3.05) is 0 Å². The smallest absolute Gasteiger partial charge is 0.160 e. The molecule has 0 radical (unpaired) electrons. The van der Waals surface area contributed by atoms with E-state index in [0.717, 1.165) is 11.0 Å². The van der Waals surface area contributed by atoms with Crippen LogP contribution >= 0.6 is 0 Å². The molecule has 0 fully saturated rings. The summed E-state index contributed by atoms with van der Waals surface area (Å²) < 4.78 is 4.73. The minimum Gasteiger partial charge on any atom is -0.508 e. The van der Waals surface area contributed by atoms with Crippen LogP contribution in [0.25, 0.3) is 22.6 Å². The zero-order valence-corrected chi connectivity index (χ0v) is 7.64. The number of hydrogen-bond donors (Lipinski definition) is 2. The molecule has 0 saturated heterocycles. The predicted octanol–water partition coefficient (Wildman–Crippen LogP) is 1.92. The number of hydrogen-bond acceptors (Lipinski definition) is 4. The van der Waals surface area contributed by atoms with Gasteiger partial charge in [-0.05, 0) is 12.1 Å². The molecule has 0 amide bonds. The van der Waals surface area contributed by atoms with Gasteiger partial charge >= 0.3 is 0 Å². The number of nitrogens with one attached hydrogen (secondary N) is 1. The van der Waals surface area contributed by atoms with Gasteiger partial charge in [0.1, 0.15) is 17.7 Å². The van der Waals surface area contributed by atoms with Crippen molar-refractivity contribution >= 4 is 11.0 Å². The van der Waals surface area contributed by atoms with Crippen LogP contribution in [0.1, 0.15) is 0 Å². The van der Waals surface area contributed by atoms with Crippen LogP contribution in [0, 0.1) is 0 Å². The zero-order valence-electron chi connectivity index (χ0n) is 7.64. The predicted molar refractivity (Wildman–Crippen MR) is 53.3 cm³/mol. The maximum Gasteiger partial charge on any atom is 0.160 e. The molecule has 0 saturated carbocycles. The molecule has 2 aromatic heterocycles. The molecular weight excluding hydrogens is 194 g/mol. The minimum atomic E-state index is 0.206. The van der Waals surface area contributed by atoms with E-state index in [1.54, 1.807) is 24.3 Å². The number of aromatic hydroxyl groups is 1. The van der Waals surface area contributed by atoms with Crippen LogP contribution in [0.3, 0.4) is 0 Å². The van der Waals surface area contributed by atoms with Gasteiger partial charge in [-0.1, -0.05) is 5.16 Å². The van der Waals surface area contributed by atoms with Crippen LogP contribution in [0.5, 0.6) is 5.75 Å². The normalized spacial score (nSPS) is 10.9. The molecule has 15 heavy (non-hydrogen) atoms. The Bertz CT molecular complexity index is 598. The lowest BCUT2D eigenvalue weighted by atomic mass is 10.3.